The molecule has 1 N–H and O–H groups in total. The van der Waals surface area contributed by atoms with Gasteiger partial charge < -0.3 is 14.5 Å². The van der Waals surface area contributed by atoms with Gasteiger partial charge in [-0.25, -0.2) is 0 Å². The Bertz CT molecular complexity index is 1070. The molecule has 1 aromatic heterocycles. The van der Waals surface area contributed by atoms with Crippen LogP contribution in [0.15, 0.2) is 53.1 Å². The van der Waals surface area contributed by atoms with Crippen molar-refractivity contribution in [2.75, 3.05) is 6.54 Å². The minimum absolute atomic E-state index is 0.108. The van der Waals surface area contributed by atoms with E-state index in [0.717, 1.165) is 30.9 Å². The maximum atomic E-state index is 13.3. The molecule has 0 radical (unpaired) electrons. The quantitative estimate of drug-likeness (QED) is 0.509. The summed E-state index contributed by atoms with van der Waals surface area (Å²) in [7, 11) is 0. The molecule has 0 spiro atoms. The van der Waals surface area contributed by atoms with Crippen molar-refractivity contribution in [2.24, 2.45) is 0 Å². The smallest absolute Gasteiger partial charge is 0.311 e. The second-order valence-corrected chi connectivity index (χ2v) is 7.12. The fourth-order valence-corrected chi connectivity index (χ4v) is 3.69. The van der Waals surface area contributed by atoms with E-state index in [-0.39, 0.29) is 5.56 Å². The number of rotatable bonds is 4. The molecule has 2 aromatic carbocycles. The first kappa shape index (κ1) is 19.6. The molecule has 9 heteroatoms. The van der Waals surface area contributed by atoms with Crippen molar-refractivity contribution in [3.05, 3.63) is 70.0 Å². The number of aromatic hydroxyl groups is 1. The fourth-order valence-electron chi connectivity index (χ4n) is 3.69. The number of amides is 1. The van der Waals surface area contributed by atoms with Gasteiger partial charge in [-0.15, -0.1) is 0 Å². The lowest BCUT2D eigenvalue weighted by atomic mass is 10.1. The second kappa shape index (κ2) is 8.32. The summed E-state index contributed by atoms with van der Waals surface area (Å²) in [5.41, 5.74) is 0.167. The van der Waals surface area contributed by atoms with E-state index < -0.39 is 28.3 Å². The standard InChI is InChI=1S/C21H20N4O5/c26-18-15(10-7-12-16(18)25(28)29)21(27)24-13-6-2-5-11-17(24)19-22-20(30-23-19)14-8-3-1-4-9-14/h1,3-4,7-10,12,17,26H,2,5-6,11,13H2. The molecule has 1 fully saturated rings. The van der Waals surface area contributed by atoms with Crippen LogP contribution in [0.5, 0.6) is 5.75 Å². The zero-order valence-electron chi connectivity index (χ0n) is 16.1. The highest BCUT2D eigenvalue weighted by Crippen LogP contribution is 2.35. The zero-order chi connectivity index (χ0) is 21.1. The minimum Gasteiger partial charge on any atom is -0.502 e. The van der Waals surface area contributed by atoms with Gasteiger partial charge in [0, 0.05) is 18.2 Å². The van der Waals surface area contributed by atoms with Gasteiger partial charge in [0.2, 0.25) is 5.75 Å². The number of aromatic nitrogens is 2. The highest BCUT2D eigenvalue weighted by atomic mass is 16.6. The Hall–Kier alpha value is -3.75. The average Bonchev–Trinajstić information content (AvgIpc) is 3.12. The van der Waals surface area contributed by atoms with Gasteiger partial charge >= 0.3 is 5.69 Å². The van der Waals surface area contributed by atoms with Crippen LogP contribution < -0.4 is 0 Å². The molecular weight excluding hydrogens is 388 g/mol. The molecule has 4 rings (SSSR count). The van der Waals surface area contributed by atoms with Crippen LogP contribution in [-0.2, 0) is 0 Å². The maximum absolute atomic E-state index is 13.3. The summed E-state index contributed by atoms with van der Waals surface area (Å²) in [6, 6.07) is 12.8. The Morgan fingerprint density at radius 1 is 1.13 bits per heavy atom. The molecular formula is C21H20N4O5. The summed E-state index contributed by atoms with van der Waals surface area (Å²) in [4.78, 5) is 29.8. The number of nitro benzene ring substituents is 1. The SMILES string of the molecule is O=C(c1cccc([N+](=O)[O-])c1O)N1CCCCCC1c1noc(-c2ccccc2)n1. The third-order valence-corrected chi connectivity index (χ3v) is 5.22. The molecule has 1 saturated heterocycles. The van der Waals surface area contributed by atoms with E-state index in [4.69, 9.17) is 4.52 Å². The number of phenolic OH excluding ortho intramolecular Hbond substituents is 1. The lowest BCUT2D eigenvalue weighted by molar-refractivity contribution is -0.385. The molecule has 3 aromatic rings. The Morgan fingerprint density at radius 3 is 2.70 bits per heavy atom. The molecule has 30 heavy (non-hydrogen) atoms. The minimum atomic E-state index is -0.711. The first-order valence-electron chi connectivity index (χ1n) is 9.72. The van der Waals surface area contributed by atoms with Crippen molar-refractivity contribution in [1.29, 1.82) is 0 Å². The number of likely N-dealkylation sites (tertiary alicyclic amines) is 1. The van der Waals surface area contributed by atoms with E-state index in [1.165, 1.54) is 12.1 Å². The van der Waals surface area contributed by atoms with E-state index in [1.807, 2.05) is 30.3 Å². The van der Waals surface area contributed by atoms with E-state index in [1.54, 1.807) is 4.90 Å². The Balaban J connectivity index is 1.68. The zero-order valence-corrected chi connectivity index (χ0v) is 16.1. The van der Waals surface area contributed by atoms with Crippen molar-refractivity contribution in [1.82, 2.24) is 15.0 Å². The summed E-state index contributed by atoms with van der Waals surface area (Å²) < 4.78 is 5.42. The van der Waals surface area contributed by atoms with Crippen molar-refractivity contribution >= 4 is 11.6 Å². The molecule has 2 heterocycles. The summed E-state index contributed by atoms with van der Waals surface area (Å²) in [5.74, 6) is -0.378. The predicted molar refractivity (Wildman–Crippen MR) is 107 cm³/mol. The molecule has 0 saturated carbocycles. The van der Waals surface area contributed by atoms with Crippen molar-refractivity contribution in [3.8, 4) is 17.2 Å². The Morgan fingerprint density at radius 2 is 1.93 bits per heavy atom. The molecule has 1 unspecified atom stereocenters. The number of carbonyl (C=O) groups excluding carboxylic acids is 1. The second-order valence-electron chi connectivity index (χ2n) is 7.12. The first-order valence-corrected chi connectivity index (χ1v) is 9.72. The number of hydrogen-bond acceptors (Lipinski definition) is 7. The number of nitrogens with zero attached hydrogens (tertiary/aromatic N) is 4. The van der Waals surface area contributed by atoms with Crippen molar-refractivity contribution in [3.63, 3.8) is 0 Å². The monoisotopic (exact) mass is 408 g/mol. The van der Waals surface area contributed by atoms with Gasteiger partial charge in [0.05, 0.1) is 16.5 Å². The first-order chi connectivity index (χ1) is 14.6. The third-order valence-electron chi connectivity index (χ3n) is 5.22. The van der Waals surface area contributed by atoms with Crippen LogP contribution in [-0.4, -0.2) is 37.5 Å². The van der Waals surface area contributed by atoms with Crippen LogP contribution in [0, 0.1) is 10.1 Å². The largest absolute Gasteiger partial charge is 0.502 e. The lowest BCUT2D eigenvalue weighted by Gasteiger charge is -2.28. The van der Waals surface area contributed by atoms with Crippen LogP contribution in [0.4, 0.5) is 5.69 Å². The number of hydrogen-bond donors (Lipinski definition) is 1. The summed E-state index contributed by atoms with van der Waals surface area (Å²) in [6.07, 6.45) is 3.23. The Kier molecular flexibility index (Phi) is 5.42. The van der Waals surface area contributed by atoms with E-state index in [9.17, 15) is 20.0 Å². The van der Waals surface area contributed by atoms with Crippen LogP contribution in [0.25, 0.3) is 11.5 Å². The van der Waals surface area contributed by atoms with E-state index in [0.29, 0.717) is 24.7 Å². The van der Waals surface area contributed by atoms with Gasteiger partial charge in [-0.05, 0) is 31.0 Å². The van der Waals surface area contributed by atoms with Gasteiger partial charge in [0.1, 0.15) is 0 Å². The molecule has 1 atom stereocenters. The molecule has 154 valence electrons. The van der Waals surface area contributed by atoms with Crippen LogP contribution in [0.1, 0.15) is 47.9 Å². The topological polar surface area (TPSA) is 123 Å². The number of nitro groups is 1. The van der Waals surface area contributed by atoms with Gasteiger partial charge in [0.15, 0.2) is 5.82 Å². The number of para-hydroxylation sites is 1. The van der Waals surface area contributed by atoms with Crippen LogP contribution in [0.3, 0.4) is 0 Å². The van der Waals surface area contributed by atoms with E-state index in [2.05, 4.69) is 10.1 Å². The highest BCUT2D eigenvalue weighted by Gasteiger charge is 2.33. The van der Waals surface area contributed by atoms with Crippen molar-refractivity contribution < 1.29 is 19.3 Å². The molecule has 1 amide bonds. The lowest BCUT2D eigenvalue weighted by Crippen LogP contribution is -2.35. The molecule has 0 bridgehead atoms. The van der Waals surface area contributed by atoms with Crippen LogP contribution in [0.2, 0.25) is 0 Å². The third kappa shape index (κ3) is 3.73. The maximum Gasteiger partial charge on any atom is 0.311 e. The molecule has 1 aliphatic rings. The van der Waals surface area contributed by atoms with Crippen molar-refractivity contribution in [2.45, 2.75) is 31.7 Å². The Labute approximate surface area is 172 Å². The van der Waals surface area contributed by atoms with Gasteiger partial charge in [0.25, 0.3) is 11.8 Å². The van der Waals surface area contributed by atoms with Gasteiger partial charge in [-0.3, -0.25) is 14.9 Å². The number of carbonyl (C=O) groups is 1. The van der Waals surface area contributed by atoms with Crippen LogP contribution >= 0.6 is 0 Å². The molecule has 1 aliphatic heterocycles. The molecule has 0 aliphatic carbocycles. The normalized spacial score (nSPS) is 16.8. The summed E-state index contributed by atoms with van der Waals surface area (Å²) in [6.45, 7) is 0.431. The number of phenols is 1. The summed E-state index contributed by atoms with van der Waals surface area (Å²) in [5, 5.41) is 25.5. The highest BCUT2D eigenvalue weighted by molar-refractivity contribution is 5.98. The van der Waals surface area contributed by atoms with Gasteiger partial charge in [-0.2, -0.15) is 4.98 Å². The average molecular weight is 408 g/mol. The van der Waals surface area contributed by atoms with E-state index >= 15 is 0 Å². The van der Waals surface area contributed by atoms with Gasteiger partial charge in [-0.1, -0.05) is 42.3 Å². The predicted octanol–water partition coefficient (Wildman–Crippen LogP) is 4.11. The molecule has 9 nitrogen and oxygen atoms in total. The summed E-state index contributed by atoms with van der Waals surface area (Å²) >= 11 is 0. The fraction of sp³-hybridized carbons (Fsp3) is 0.286. The number of benzene rings is 2.